The molecule has 1 fully saturated rings. The quantitative estimate of drug-likeness (QED) is 0.878. The number of likely N-dealkylation sites (tertiary alicyclic amines) is 1. The van der Waals surface area contributed by atoms with Crippen LogP contribution in [0.25, 0.3) is 0 Å². The maximum absolute atomic E-state index is 6.38. The number of ether oxygens (including phenoxy) is 1. The van der Waals surface area contributed by atoms with Gasteiger partial charge in [-0.2, -0.15) is 5.10 Å². The van der Waals surface area contributed by atoms with Crippen LogP contribution < -0.4 is 10.5 Å². The highest BCUT2D eigenvalue weighted by Crippen LogP contribution is 2.26. The highest BCUT2D eigenvalue weighted by Gasteiger charge is 2.26. The standard InChI is InChI=1S/C17H25N5O/c1-22-9-7-13(8-10-22)16(18)17-19-15(20-21-17)11-12-3-5-14(23-2)6-4-12/h3-6,13,16H,7-11,18H2,1-2H3,(H,19,20,21). The Balaban J connectivity index is 1.62. The summed E-state index contributed by atoms with van der Waals surface area (Å²) in [6.45, 7) is 2.20. The number of hydrogen-bond donors (Lipinski definition) is 2. The van der Waals surface area contributed by atoms with Crippen molar-refractivity contribution in [3.8, 4) is 5.75 Å². The van der Waals surface area contributed by atoms with Gasteiger partial charge in [0.25, 0.3) is 0 Å². The molecule has 0 bridgehead atoms. The van der Waals surface area contributed by atoms with E-state index in [1.165, 1.54) is 5.56 Å². The molecule has 0 saturated carbocycles. The van der Waals surface area contributed by atoms with Gasteiger partial charge in [0.15, 0.2) is 5.82 Å². The van der Waals surface area contributed by atoms with Crippen LogP contribution >= 0.6 is 0 Å². The molecule has 2 aromatic rings. The van der Waals surface area contributed by atoms with Crippen molar-refractivity contribution in [2.24, 2.45) is 11.7 Å². The predicted octanol–water partition coefficient (Wildman–Crippen LogP) is 1.75. The molecule has 23 heavy (non-hydrogen) atoms. The van der Waals surface area contributed by atoms with Crippen molar-refractivity contribution >= 4 is 0 Å². The summed E-state index contributed by atoms with van der Waals surface area (Å²) >= 11 is 0. The van der Waals surface area contributed by atoms with Gasteiger partial charge < -0.3 is 15.4 Å². The van der Waals surface area contributed by atoms with E-state index in [0.29, 0.717) is 5.92 Å². The normalized spacial score (nSPS) is 18.0. The monoisotopic (exact) mass is 315 g/mol. The van der Waals surface area contributed by atoms with E-state index in [0.717, 1.165) is 49.8 Å². The highest BCUT2D eigenvalue weighted by atomic mass is 16.5. The van der Waals surface area contributed by atoms with Gasteiger partial charge in [0.2, 0.25) is 0 Å². The van der Waals surface area contributed by atoms with Crippen molar-refractivity contribution in [1.29, 1.82) is 0 Å². The Labute approximate surface area is 137 Å². The van der Waals surface area contributed by atoms with Gasteiger partial charge in [0.05, 0.1) is 13.2 Å². The summed E-state index contributed by atoms with van der Waals surface area (Å²) in [7, 11) is 3.82. The second-order valence-corrected chi connectivity index (χ2v) is 6.33. The Morgan fingerprint density at radius 1 is 1.30 bits per heavy atom. The number of hydrogen-bond acceptors (Lipinski definition) is 5. The number of aromatic nitrogens is 3. The van der Waals surface area contributed by atoms with Crippen molar-refractivity contribution in [2.45, 2.75) is 25.3 Å². The Kier molecular flexibility index (Phi) is 4.93. The maximum Gasteiger partial charge on any atom is 0.167 e. The minimum absolute atomic E-state index is 0.0791. The fraction of sp³-hybridized carbons (Fsp3) is 0.529. The Hall–Kier alpha value is -1.92. The van der Waals surface area contributed by atoms with Crippen LogP contribution in [0.4, 0.5) is 0 Å². The zero-order chi connectivity index (χ0) is 16.2. The summed E-state index contributed by atoms with van der Waals surface area (Å²) in [6, 6.07) is 7.91. The number of nitrogens with two attached hydrogens (primary N) is 1. The Bertz CT molecular complexity index is 616. The van der Waals surface area contributed by atoms with E-state index >= 15 is 0 Å². The molecule has 6 nitrogen and oxygen atoms in total. The lowest BCUT2D eigenvalue weighted by molar-refractivity contribution is 0.196. The number of benzene rings is 1. The number of H-pyrrole nitrogens is 1. The molecule has 1 aliphatic heterocycles. The molecule has 124 valence electrons. The second-order valence-electron chi connectivity index (χ2n) is 6.33. The molecular formula is C17H25N5O. The molecule has 2 heterocycles. The number of nitrogens with one attached hydrogen (secondary N) is 1. The molecule has 3 rings (SSSR count). The number of aromatic amines is 1. The van der Waals surface area contributed by atoms with E-state index in [1.54, 1.807) is 7.11 Å². The molecule has 0 radical (unpaired) electrons. The van der Waals surface area contributed by atoms with Gasteiger partial charge in [-0.15, -0.1) is 0 Å². The van der Waals surface area contributed by atoms with Crippen LogP contribution in [0.2, 0.25) is 0 Å². The zero-order valence-electron chi connectivity index (χ0n) is 13.8. The van der Waals surface area contributed by atoms with Crippen molar-refractivity contribution in [2.75, 3.05) is 27.2 Å². The van der Waals surface area contributed by atoms with Crippen molar-refractivity contribution < 1.29 is 4.74 Å². The zero-order valence-corrected chi connectivity index (χ0v) is 13.8. The highest BCUT2D eigenvalue weighted by molar-refractivity contribution is 5.28. The van der Waals surface area contributed by atoms with Crippen molar-refractivity contribution in [1.82, 2.24) is 20.1 Å². The van der Waals surface area contributed by atoms with E-state index in [-0.39, 0.29) is 6.04 Å². The second kappa shape index (κ2) is 7.10. The first-order valence-corrected chi connectivity index (χ1v) is 8.14. The third-order valence-corrected chi connectivity index (χ3v) is 4.65. The number of rotatable bonds is 5. The fourth-order valence-corrected chi connectivity index (χ4v) is 3.07. The summed E-state index contributed by atoms with van der Waals surface area (Å²) in [5.41, 5.74) is 7.55. The van der Waals surface area contributed by atoms with Gasteiger partial charge in [-0.05, 0) is 56.6 Å². The topological polar surface area (TPSA) is 80.1 Å². The fourth-order valence-electron chi connectivity index (χ4n) is 3.07. The van der Waals surface area contributed by atoms with Crippen LogP contribution in [0.1, 0.15) is 36.1 Å². The molecule has 6 heteroatoms. The van der Waals surface area contributed by atoms with Gasteiger partial charge in [0, 0.05) is 6.42 Å². The summed E-state index contributed by atoms with van der Waals surface area (Å²) in [6.07, 6.45) is 2.94. The summed E-state index contributed by atoms with van der Waals surface area (Å²) < 4.78 is 5.17. The first kappa shape index (κ1) is 16.0. The molecule has 0 amide bonds. The van der Waals surface area contributed by atoms with E-state index in [4.69, 9.17) is 10.5 Å². The van der Waals surface area contributed by atoms with Gasteiger partial charge in [-0.3, -0.25) is 5.10 Å². The number of methoxy groups -OCH3 is 1. The van der Waals surface area contributed by atoms with E-state index in [1.807, 2.05) is 24.3 Å². The summed E-state index contributed by atoms with van der Waals surface area (Å²) in [5, 5.41) is 7.37. The SMILES string of the molecule is COc1ccc(Cc2nc(C(N)C3CCN(C)CC3)n[nH]2)cc1. The van der Waals surface area contributed by atoms with Crippen LogP contribution in [0.3, 0.4) is 0 Å². The average Bonchev–Trinajstić information content (AvgIpc) is 3.04. The largest absolute Gasteiger partial charge is 0.497 e. The molecule has 3 N–H and O–H groups in total. The third kappa shape index (κ3) is 3.89. The Morgan fingerprint density at radius 3 is 2.65 bits per heavy atom. The first-order valence-electron chi connectivity index (χ1n) is 8.14. The molecule has 1 atom stereocenters. The molecule has 1 saturated heterocycles. The first-order chi connectivity index (χ1) is 11.2. The average molecular weight is 315 g/mol. The van der Waals surface area contributed by atoms with Gasteiger partial charge >= 0.3 is 0 Å². The smallest absolute Gasteiger partial charge is 0.167 e. The van der Waals surface area contributed by atoms with Gasteiger partial charge in [0.1, 0.15) is 11.6 Å². The molecule has 1 aliphatic rings. The lowest BCUT2D eigenvalue weighted by Gasteiger charge is -2.31. The van der Waals surface area contributed by atoms with Crippen LogP contribution in [0.15, 0.2) is 24.3 Å². The van der Waals surface area contributed by atoms with Gasteiger partial charge in [-0.25, -0.2) is 4.98 Å². The molecule has 1 aromatic carbocycles. The number of piperidine rings is 1. The molecular weight excluding hydrogens is 290 g/mol. The maximum atomic E-state index is 6.38. The van der Waals surface area contributed by atoms with Crippen LogP contribution in [0, 0.1) is 5.92 Å². The molecule has 1 aromatic heterocycles. The predicted molar refractivity (Wildman–Crippen MR) is 89.3 cm³/mol. The van der Waals surface area contributed by atoms with Crippen molar-refractivity contribution in [3.63, 3.8) is 0 Å². The van der Waals surface area contributed by atoms with Gasteiger partial charge in [-0.1, -0.05) is 12.1 Å². The third-order valence-electron chi connectivity index (χ3n) is 4.65. The minimum atomic E-state index is -0.0791. The van der Waals surface area contributed by atoms with Crippen LogP contribution in [-0.4, -0.2) is 47.3 Å². The van der Waals surface area contributed by atoms with Crippen molar-refractivity contribution in [3.05, 3.63) is 41.5 Å². The van der Waals surface area contributed by atoms with Crippen LogP contribution in [-0.2, 0) is 6.42 Å². The Morgan fingerprint density at radius 2 is 2.00 bits per heavy atom. The lowest BCUT2D eigenvalue weighted by Crippen LogP contribution is -2.35. The van der Waals surface area contributed by atoms with E-state index in [9.17, 15) is 0 Å². The summed E-state index contributed by atoms with van der Waals surface area (Å²) in [4.78, 5) is 6.95. The summed E-state index contributed by atoms with van der Waals surface area (Å²) in [5.74, 6) is 2.92. The van der Waals surface area contributed by atoms with E-state index in [2.05, 4.69) is 27.1 Å². The number of nitrogens with zero attached hydrogens (tertiary/aromatic N) is 3. The lowest BCUT2D eigenvalue weighted by atomic mass is 9.90. The molecule has 0 aliphatic carbocycles. The van der Waals surface area contributed by atoms with Crippen LogP contribution in [0.5, 0.6) is 5.75 Å². The van der Waals surface area contributed by atoms with E-state index < -0.39 is 0 Å². The molecule has 0 spiro atoms. The molecule has 1 unspecified atom stereocenters. The minimum Gasteiger partial charge on any atom is -0.497 e.